The standard InChI is InChI=1S/C13H29NO/c1-5-6-9-12(15)10-7-8-11-14-13(2,3)4/h12,14-15H,5-11H2,1-4H3/t12-/m1/s1. The third kappa shape index (κ3) is 11.8. The van der Waals surface area contributed by atoms with Crippen LogP contribution in [-0.2, 0) is 0 Å². The summed E-state index contributed by atoms with van der Waals surface area (Å²) in [4.78, 5) is 0. The minimum absolute atomic E-state index is 0.0698. The van der Waals surface area contributed by atoms with Crippen molar-refractivity contribution in [2.75, 3.05) is 6.54 Å². The van der Waals surface area contributed by atoms with Crippen LogP contribution in [0.5, 0.6) is 0 Å². The Morgan fingerprint density at radius 2 is 1.67 bits per heavy atom. The average molecular weight is 215 g/mol. The quantitative estimate of drug-likeness (QED) is 0.610. The molecular formula is C13H29NO. The van der Waals surface area contributed by atoms with E-state index in [0.29, 0.717) is 0 Å². The van der Waals surface area contributed by atoms with Gasteiger partial charge in [0.25, 0.3) is 0 Å². The molecule has 0 aliphatic carbocycles. The lowest BCUT2D eigenvalue weighted by Crippen LogP contribution is -2.36. The van der Waals surface area contributed by atoms with Gasteiger partial charge in [-0.25, -0.2) is 0 Å². The van der Waals surface area contributed by atoms with Gasteiger partial charge in [-0.2, -0.15) is 0 Å². The minimum Gasteiger partial charge on any atom is -0.393 e. The molecule has 0 aromatic rings. The van der Waals surface area contributed by atoms with Crippen LogP contribution < -0.4 is 5.32 Å². The van der Waals surface area contributed by atoms with Gasteiger partial charge in [0.2, 0.25) is 0 Å². The van der Waals surface area contributed by atoms with Crippen molar-refractivity contribution in [1.29, 1.82) is 0 Å². The second-order valence-corrected chi connectivity index (χ2v) is 5.47. The Morgan fingerprint density at radius 3 is 2.20 bits per heavy atom. The number of aliphatic hydroxyl groups is 1. The fraction of sp³-hybridized carbons (Fsp3) is 1.00. The number of rotatable bonds is 8. The van der Waals surface area contributed by atoms with Gasteiger partial charge in [-0.3, -0.25) is 0 Å². The van der Waals surface area contributed by atoms with Gasteiger partial charge < -0.3 is 10.4 Å². The fourth-order valence-electron chi connectivity index (χ4n) is 1.55. The van der Waals surface area contributed by atoms with Crippen LogP contribution in [0.4, 0.5) is 0 Å². The van der Waals surface area contributed by atoms with Crippen LogP contribution in [0.1, 0.15) is 66.2 Å². The molecule has 0 fully saturated rings. The van der Waals surface area contributed by atoms with Gasteiger partial charge in [-0.15, -0.1) is 0 Å². The second-order valence-electron chi connectivity index (χ2n) is 5.47. The van der Waals surface area contributed by atoms with Crippen LogP contribution in [0, 0.1) is 0 Å². The molecule has 2 N–H and O–H groups in total. The molecule has 0 amide bonds. The number of aliphatic hydroxyl groups excluding tert-OH is 1. The highest BCUT2D eigenvalue weighted by molar-refractivity contribution is 4.69. The Hall–Kier alpha value is -0.0800. The first-order valence-electron chi connectivity index (χ1n) is 6.39. The SMILES string of the molecule is CCCC[C@@H](O)CCCCNC(C)(C)C. The van der Waals surface area contributed by atoms with E-state index in [4.69, 9.17) is 0 Å². The van der Waals surface area contributed by atoms with Crippen molar-refractivity contribution < 1.29 is 5.11 Å². The first kappa shape index (κ1) is 14.9. The Balaban J connectivity index is 3.23. The molecule has 2 nitrogen and oxygen atoms in total. The van der Waals surface area contributed by atoms with Crippen LogP contribution in [0.2, 0.25) is 0 Å². The van der Waals surface area contributed by atoms with Crippen molar-refractivity contribution in [3.8, 4) is 0 Å². The molecule has 0 aliphatic heterocycles. The zero-order chi connectivity index (χ0) is 11.7. The summed E-state index contributed by atoms with van der Waals surface area (Å²) in [6.45, 7) is 9.78. The third-order valence-electron chi connectivity index (χ3n) is 2.51. The molecule has 1 atom stereocenters. The van der Waals surface area contributed by atoms with Crippen molar-refractivity contribution in [1.82, 2.24) is 5.32 Å². The molecule has 0 aromatic carbocycles. The molecule has 0 saturated heterocycles. The molecular weight excluding hydrogens is 186 g/mol. The molecule has 0 saturated carbocycles. The lowest BCUT2D eigenvalue weighted by Gasteiger charge is -2.20. The molecule has 0 aromatic heterocycles. The highest BCUT2D eigenvalue weighted by Gasteiger charge is 2.07. The van der Waals surface area contributed by atoms with E-state index in [1.165, 1.54) is 12.8 Å². The van der Waals surface area contributed by atoms with E-state index in [9.17, 15) is 5.11 Å². The molecule has 0 radical (unpaired) electrons. The van der Waals surface area contributed by atoms with E-state index in [1.54, 1.807) is 0 Å². The lowest BCUT2D eigenvalue weighted by atomic mass is 10.1. The molecule has 92 valence electrons. The van der Waals surface area contributed by atoms with E-state index >= 15 is 0 Å². The maximum Gasteiger partial charge on any atom is 0.0540 e. The van der Waals surface area contributed by atoms with Crippen LogP contribution in [0.25, 0.3) is 0 Å². The highest BCUT2D eigenvalue weighted by Crippen LogP contribution is 2.08. The van der Waals surface area contributed by atoms with Gasteiger partial charge in [-0.05, 0) is 53.0 Å². The van der Waals surface area contributed by atoms with Crippen LogP contribution >= 0.6 is 0 Å². The predicted molar refractivity (Wildman–Crippen MR) is 67.1 cm³/mol. The summed E-state index contributed by atoms with van der Waals surface area (Å²) in [5.74, 6) is 0. The van der Waals surface area contributed by atoms with Gasteiger partial charge >= 0.3 is 0 Å². The highest BCUT2D eigenvalue weighted by atomic mass is 16.3. The topological polar surface area (TPSA) is 32.3 Å². The van der Waals surface area contributed by atoms with Crippen LogP contribution in [-0.4, -0.2) is 23.3 Å². The van der Waals surface area contributed by atoms with E-state index < -0.39 is 0 Å². The summed E-state index contributed by atoms with van der Waals surface area (Å²) in [6, 6.07) is 0. The Morgan fingerprint density at radius 1 is 1.07 bits per heavy atom. The summed E-state index contributed by atoms with van der Waals surface area (Å²) >= 11 is 0. The van der Waals surface area contributed by atoms with Crippen molar-refractivity contribution in [3.05, 3.63) is 0 Å². The average Bonchev–Trinajstić information content (AvgIpc) is 2.12. The number of hydrogen-bond acceptors (Lipinski definition) is 2. The van der Waals surface area contributed by atoms with E-state index in [0.717, 1.165) is 32.2 Å². The van der Waals surface area contributed by atoms with Crippen molar-refractivity contribution in [2.24, 2.45) is 0 Å². The van der Waals surface area contributed by atoms with Gasteiger partial charge in [0.05, 0.1) is 6.10 Å². The largest absolute Gasteiger partial charge is 0.393 e. The molecule has 0 unspecified atom stereocenters. The first-order valence-corrected chi connectivity index (χ1v) is 6.39. The second kappa shape index (κ2) is 8.12. The summed E-state index contributed by atoms with van der Waals surface area (Å²) in [6.07, 6.45) is 6.51. The van der Waals surface area contributed by atoms with Gasteiger partial charge in [0, 0.05) is 5.54 Å². The van der Waals surface area contributed by atoms with Crippen LogP contribution in [0.3, 0.4) is 0 Å². The molecule has 0 aliphatic rings. The minimum atomic E-state index is -0.0698. The van der Waals surface area contributed by atoms with Crippen molar-refractivity contribution in [3.63, 3.8) is 0 Å². The molecule has 0 bridgehead atoms. The summed E-state index contributed by atoms with van der Waals surface area (Å²) in [5.41, 5.74) is 0.223. The summed E-state index contributed by atoms with van der Waals surface area (Å²) in [5, 5.41) is 13.1. The molecule has 0 rings (SSSR count). The van der Waals surface area contributed by atoms with Gasteiger partial charge in [0.15, 0.2) is 0 Å². The lowest BCUT2D eigenvalue weighted by molar-refractivity contribution is 0.148. The number of hydrogen-bond donors (Lipinski definition) is 2. The van der Waals surface area contributed by atoms with Gasteiger partial charge in [-0.1, -0.05) is 19.8 Å². The smallest absolute Gasteiger partial charge is 0.0540 e. The number of unbranched alkanes of at least 4 members (excludes halogenated alkanes) is 2. The van der Waals surface area contributed by atoms with E-state index in [2.05, 4.69) is 33.0 Å². The maximum atomic E-state index is 9.62. The molecule has 15 heavy (non-hydrogen) atoms. The number of nitrogens with one attached hydrogen (secondary N) is 1. The van der Waals surface area contributed by atoms with E-state index in [-0.39, 0.29) is 11.6 Å². The molecule has 0 heterocycles. The molecule has 0 spiro atoms. The Labute approximate surface area is 95.5 Å². The zero-order valence-electron chi connectivity index (χ0n) is 11.0. The predicted octanol–water partition coefficient (Wildman–Crippen LogP) is 3.10. The first-order chi connectivity index (χ1) is 6.95. The van der Waals surface area contributed by atoms with Gasteiger partial charge in [0.1, 0.15) is 0 Å². The molecule has 2 heteroatoms. The third-order valence-corrected chi connectivity index (χ3v) is 2.51. The Kier molecular flexibility index (Phi) is 8.07. The zero-order valence-corrected chi connectivity index (χ0v) is 11.0. The monoisotopic (exact) mass is 215 g/mol. The van der Waals surface area contributed by atoms with Crippen molar-refractivity contribution >= 4 is 0 Å². The Bertz CT molecular complexity index is 140. The van der Waals surface area contributed by atoms with Crippen molar-refractivity contribution in [2.45, 2.75) is 77.9 Å². The summed E-state index contributed by atoms with van der Waals surface area (Å²) in [7, 11) is 0. The fourth-order valence-corrected chi connectivity index (χ4v) is 1.55. The summed E-state index contributed by atoms with van der Waals surface area (Å²) < 4.78 is 0. The maximum absolute atomic E-state index is 9.62. The normalized spacial score (nSPS) is 14.2. The van der Waals surface area contributed by atoms with Crippen LogP contribution in [0.15, 0.2) is 0 Å². The van der Waals surface area contributed by atoms with E-state index in [1.807, 2.05) is 0 Å².